The normalized spacial score (nSPS) is 23.3. The molecule has 4 rings (SSSR count). The molecule has 2 aromatic rings. The van der Waals surface area contributed by atoms with Crippen molar-refractivity contribution in [2.75, 3.05) is 31.6 Å². The Kier molecular flexibility index (Phi) is 5.62. The number of anilines is 1. The van der Waals surface area contributed by atoms with Gasteiger partial charge in [0.05, 0.1) is 24.3 Å². The number of aromatic nitrogens is 3. The molecule has 0 bridgehead atoms. The second-order valence-electron chi connectivity index (χ2n) is 7.83. The van der Waals surface area contributed by atoms with Crippen LogP contribution in [0.2, 0.25) is 0 Å². The van der Waals surface area contributed by atoms with Crippen molar-refractivity contribution in [1.82, 2.24) is 19.9 Å². The lowest BCUT2D eigenvalue weighted by Crippen LogP contribution is -2.42. The van der Waals surface area contributed by atoms with Gasteiger partial charge in [0.1, 0.15) is 5.65 Å². The fourth-order valence-electron chi connectivity index (χ4n) is 4.28. The first-order chi connectivity index (χ1) is 14.0. The SMILES string of the molecule is CC(=O)c1c(C)c2cnc(N[C@@H]3CCOC[C@H]3O)nc2n(C2CCNCC2)c1=O. The quantitative estimate of drug-likeness (QED) is 0.644. The molecule has 0 aliphatic carbocycles. The molecule has 29 heavy (non-hydrogen) atoms. The number of carbonyl (C=O) groups is 1. The number of nitrogens with one attached hydrogen (secondary N) is 2. The van der Waals surface area contributed by atoms with Crippen LogP contribution in [0.15, 0.2) is 11.0 Å². The van der Waals surface area contributed by atoms with Gasteiger partial charge in [-0.1, -0.05) is 0 Å². The van der Waals surface area contributed by atoms with Gasteiger partial charge in [0.25, 0.3) is 5.56 Å². The topological polar surface area (TPSA) is 118 Å². The highest BCUT2D eigenvalue weighted by Crippen LogP contribution is 2.26. The Labute approximate surface area is 168 Å². The Hall–Kier alpha value is -2.36. The van der Waals surface area contributed by atoms with E-state index in [9.17, 15) is 14.7 Å². The highest BCUT2D eigenvalue weighted by atomic mass is 16.5. The molecule has 0 unspecified atom stereocenters. The molecule has 0 saturated carbocycles. The highest BCUT2D eigenvalue weighted by Gasteiger charge is 2.27. The summed E-state index contributed by atoms with van der Waals surface area (Å²) in [6, 6.07) is -0.237. The molecule has 0 amide bonds. The number of aryl methyl sites for hydroxylation is 1. The third kappa shape index (κ3) is 3.77. The molecule has 156 valence electrons. The summed E-state index contributed by atoms with van der Waals surface area (Å²) in [4.78, 5) is 34.6. The van der Waals surface area contributed by atoms with E-state index >= 15 is 0 Å². The van der Waals surface area contributed by atoms with Gasteiger partial charge >= 0.3 is 0 Å². The average Bonchev–Trinajstić information content (AvgIpc) is 2.70. The van der Waals surface area contributed by atoms with Gasteiger partial charge in [0, 0.05) is 24.2 Å². The molecular weight excluding hydrogens is 374 g/mol. The van der Waals surface area contributed by atoms with Crippen LogP contribution >= 0.6 is 0 Å². The summed E-state index contributed by atoms with van der Waals surface area (Å²) in [6.07, 6.45) is 3.25. The number of ether oxygens (including phenoxy) is 1. The van der Waals surface area contributed by atoms with Gasteiger partial charge in [-0.25, -0.2) is 4.98 Å². The van der Waals surface area contributed by atoms with E-state index in [1.807, 2.05) is 0 Å². The zero-order chi connectivity index (χ0) is 20.5. The number of rotatable bonds is 4. The van der Waals surface area contributed by atoms with Crippen LogP contribution in [0.1, 0.15) is 48.1 Å². The zero-order valence-electron chi connectivity index (χ0n) is 16.8. The Bertz CT molecular complexity index is 983. The number of Topliss-reactive ketones (excluding diaryl/α,β-unsaturated/α-hetero) is 1. The third-order valence-electron chi connectivity index (χ3n) is 5.88. The van der Waals surface area contributed by atoms with Gasteiger partial charge in [-0.2, -0.15) is 4.98 Å². The maximum Gasteiger partial charge on any atom is 0.263 e. The molecule has 0 radical (unpaired) electrons. The lowest BCUT2D eigenvalue weighted by Gasteiger charge is -2.29. The number of carbonyl (C=O) groups excluding carboxylic acids is 1. The molecule has 2 aliphatic heterocycles. The third-order valence-corrected chi connectivity index (χ3v) is 5.88. The minimum atomic E-state index is -0.642. The van der Waals surface area contributed by atoms with Crippen molar-refractivity contribution in [3.8, 4) is 0 Å². The maximum atomic E-state index is 13.3. The van der Waals surface area contributed by atoms with E-state index < -0.39 is 6.10 Å². The van der Waals surface area contributed by atoms with Crippen LogP contribution in [0.25, 0.3) is 11.0 Å². The van der Waals surface area contributed by atoms with Crippen molar-refractivity contribution in [3.05, 3.63) is 27.7 Å². The molecule has 0 spiro atoms. The van der Waals surface area contributed by atoms with Crippen LogP contribution in [0.5, 0.6) is 0 Å². The summed E-state index contributed by atoms with van der Waals surface area (Å²) in [7, 11) is 0. The summed E-state index contributed by atoms with van der Waals surface area (Å²) in [5.41, 5.74) is 1.06. The average molecular weight is 401 g/mol. The first-order valence-corrected chi connectivity index (χ1v) is 10.1. The second kappa shape index (κ2) is 8.17. The molecule has 4 heterocycles. The van der Waals surface area contributed by atoms with Crippen molar-refractivity contribution >= 4 is 22.8 Å². The number of piperidine rings is 1. The Morgan fingerprint density at radius 2 is 2.10 bits per heavy atom. The standard InChI is InChI=1S/C20H27N5O4/c1-11-14-9-22-20(23-15-5-8-29-10-16(15)27)24-18(14)25(13-3-6-21-7-4-13)19(28)17(11)12(2)26/h9,13,15-16,21,27H,3-8,10H2,1-2H3,(H,22,23,24)/t15-,16-/m1/s1. The van der Waals surface area contributed by atoms with Crippen molar-refractivity contribution in [1.29, 1.82) is 0 Å². The number of pyridine rings is 1. The maximum absolute atomic E-state index is 13.3. The molecule has 2 fully saturated rings. The molecule has 2 aliphatic rings. The van der Waals surface area contributed by atoms with Crippen molar-refractivity contribution in [2.24, 2.45) is 0 Å². The highest BCUT2D eigenvalue weighted by molar-refractivity contribution is 5.99. The molecule has 9 heteroatoms. The monoisotopic (exact) mass is 401 g/mol. The minimum absolute atomic E-state index is 0.0265. The molecule has 9 nitrogen and oxygen atoms in total. The van der Waals surface area contributed by atoms with E-state index in [0.29, 0.717) is 35.6 Å². The number of aliphatic hydroxyl groups excluding tert-OH is 1. The largest absolute Gasteiger partial charge is 0.389 e. The van der Waals surface area contributed by atoms with Crippen LogP contribution in [0.3, 0.4) is 0 Å². The molecule has 3 N–H and O–H groups in total. The fraction of sp³-hybridized carbons (Fsp3) is 0.600. The van der Waals surface area contributed by atoms with Gasteiger partial charge in [-0.15, -0.1) is 0 Å². The predicted octanol–water partition coefficient (Wildman–Crippen LogP) is 0.789. The Morgan fingerprint density at radius 1 is 1.34 bits per heavy atom. The summed E-state index contributed by atoms with van der Waals surface area (Å²) in [5, 5.41) is 17.3. The number of ketones is 1. The molecule has 2 aromatic heterocycles. The lowest BCUT2D eigenvalue weighted by molar-refractivity contribution is -0.0136. The fourth-order valence-corrected chi connectivity index (χ4v) is 4.28. The summed E-state index contributed by atoms with van der Waals surface area (Å²) < 4.78 is 6.95. The van der Waals surface area contributed by atoms with E-state index in [2.05, 4.69) is 20.6 Å². The number of aliphatic hydroxyl groups is 1. The van der Waals surface area contributed by atoms with Gasteiger partial charge in [-0.05, 0) is 51.8 Å². The van der Waals surface area contributed by atoms with Crippen LogP contribution in [-0.2, 0) is 4.74 Å². The number of fused-ring (bicyclic) bond motifs is 1. The van der Waals surface area contributed by atoms with E-state index in [0.717, 1.165) is 25.9 Å². The molecular formula is C20H27N5O4. The zero-order valence-corrected chi connectivity index (χ0v) is 16.8. The van der Waals surface area contributed by atoms with E-state index in [1.54, 1.807) is 17.7 Å². The molecule has 2 saturated heterocycles. The summed E-state index contributed by atoms with van der Waals surface area (Å²) in [6.45, 7) is 5.64. The first kappa shape index (κ1) is 19.9. The number of hydrogen-bond donors (Lipinski definition) is 3. The van der Waals surface area contributed by atoms with Gasteiger partial charge in [0.2, 0.25) is 5.95 Å². The van der Waals surface area contributed by atoms with E-state index in [-0.39, 0.29) is 35.6 Å². The van der Waals surface area contributed by atoms with Gasteiger partial charge < -0.3 is 20.5 Å². The summed E-state index contributed by atoms with van der Waals surface area (Å²) >= 11 is 0. The number of nitrogens with zero attached hydrogens (tertiary/aromatic N) is 3. The first-order valence-electron chi connectivity index (χ1n) is 10.1. The molecule has 2 atom stereocenters. The van der Waals surface area contributed by atoms with Gasteiger partial charge in [0.15, 0.2) is 5.78 Å². The minimum Gasteiger partial charge on any atom is -0.389 e. The van der Waals surface area contributed by atoms with Crippen LogP contribution < -0.4 is 16.2 Å². The van der Waals surface area contributed by atoms with Crippen molar-refractivity contribution < 1.29 is 14.6 Å². The summed E-state index contributed by atoms with van der Waals surface area (Å²) in [5.74, 6) is 0.116. The number of hydrogen-bond acceptors (Lipinski definition) is 8. The van der Waals surface area contributed by atoms with Crippen molar-refractivity contribution in [3.63, 3.8) is 0 Å². The smallest absolute Gasteiger partial charge is 0.263 e. The van der Waals surface area contributed by atoms with Crippen LogP contribution in [-0.4, -0.2) is 63.9 Å². The van der Waals surface area contributed by atoms with Crippen LogP contribution in [0.4, 0.5) is 5.95 Å². The van der Waals surface area contributed by atoms with E-state index in [1.165, 1.54) is 6.92 Å². The van der Waals surface area contributed by atoms with E-state index in [4.69, 9.17) is 4.74 Å². The Balaban J connectivity index is 1.84. The van der Waals surface area contributed by atoms with Gasteiger partial charge in [-0.3, -0.25) is 14.2 Å². The predicted molar refractivity (Wildman–Crippen MR) is 109 cm³/mol. The Morgan fingerprint density at radius 3 is 2.79 bits per heavy atom. The van der Waals surface area contributed by atoms with Crippen LogP contribution in [0, 0.1) is 6.92 Å². The lowest BCUT2D eigenvalue weighted by atomic mass is 10.0. The van der Waals surface area contributed by atoms with Crippen molar-refractivity contribution in [2.45, 2.75) is 51.3 Å². The second-order valence-corrected chi connectivity index (χ2v) is 7.83. The molecule has 0 aromatic carbocycles.